The lowest BCUT2D eigenvalue weighted by atomic mass is 10.1. The molecule has 0 unspecified atom stereocenters. The van der Waals surface area contributed by atoms with Crippen LogP contribution in [0.15, 0.2) is 24.3 Å². The molecule has 3 nitrogen and oxygen atoms in total. The standard InChI is InChI=1S/C13H17F3N2O/c1-10(19)18-12-6-3-2-5-11(12)9-17-8-4-7-13(14,15)16/h2-3,5-6,17H,4,7-9H2,1H3,(H,18,19). The molecule has 0 aliphatic carbocycles. The van der Waals surface area contributed by atoms with Gasteiger partial charge in [-0.15, -0.1) is 0 Å². The molecular weight excluding hydrogens is 257 g/mol. The Labute approximate surface area is 110 Å². The Kier molecular flexibility index (Phi) is 5.82. The average Bonchev–Trinajstić information content (AvgIpc) is 2.28. The van der Waals surface area contributed by atoms with E-state index in [-0.39, 0.29) is 18.9 Å². The van der Waals surface area contributed by atoms with Crippen molar-refractivity contribution >= 4 is 11.6 Å². The van der Waals surface area contributed by atoms with Crippen molar-refractivity contribution in [2.45, 2.75) is 32.5 Å². The number of halogens is 3. The Balaban J connectivity index is 2.38. The number of rotatable bonds is 6. The van der Waals surface area contributed by atoms with Crippen LogP contribution in [-0.2, 0) is 11.3 Å². The van der Waals surface area contributed by atoms with Crippen molar-refractivity contribution < 1.29 is 18.0 Å². The molecule has 0 bridgehead atoms. The molecule has 106 valence electrons. The predicted octanol–water partition coefficient (Wildman–Crippen LogP) is 3.08. The number of carbonyl (C=O) groups excluding carboxylic acids is 1. The first-order chi connectivity index (χ1) is 8.88. The third-order valence-electron chi connectivity index (χ3n) is 2.46. The third kappa shape index (κ3) is 6.81. The van der Waals surface area contributed by atoms with E-state index in [0.29, 0.717) is 12.2 Å². The molecule has 0 fully saturated rings. The monoisotopic (exact) mass is 274 g/mol. The highest BCUT2D eigenvalue weighted by Gasteiger charge is 2.25. The summed E-state index contributed by atoms with van der Waals surface area (Å²) < 4.78 is 35.8. The fraction of sp³-hybridized carbons (Fsp3) is 0.462. The summed E-state index contributed by atoms with van der Waals surface area (Å²) in [7, 11) is 0. The van der Waals surface area contributed by atoms with Gasteiger partial charge in [-0.3, -0.25) is 4.79 Å². The van der Waals surface area contributed by atoms with Gasteiger partial charge in [-0.25, -0.2) is 0 Å². The zero-order chi connectivity index (χ0) is 14.3. The highest BCUT2D eigenvalue weighted by atomic mass is 19.4. The lowest BCUT2D eigenvalue weighted by Gasteiger charge is -2.11. The molecule has 0 aliphatic heterocycles. The van der Waals surface area contributed by atoms with Crippen LogP contribution in [0.3, 0.4) is 0 Å². The molecule has 0 spiro atoms. The smallest absolute Gasteiger partial charge is 0.326 e. The van der Waals surface area contributed by atoms with E-state index in [9.17, 15) is 18.0 Å². The van der Waals surface area contributed by atoms with Crippen LogP contribution in [-0.4, -0.2) is 18.6 Å². The van der Waals surface area contributed by atoms with Crippen LogP contribution in [0, 0.1) is 0 Å². The first-order valence-electron chi connectivity index (χ1n) is 6.01. The van der Waals surface area contributed by atoms with Crippen molar-refractivity contribution in [3.05, 3.63) is 29.8 Å². The van der Waals surface area contributed by atoms with E-state index in [0.717, 1.165) is 5.56 Å². The summed E-state index contributed by atoms with van der Waals surface area (Å²) in [6, 6.07) is 7.19. The highest BCUT2D eigenvalue weighted by molar-refractivity contribution is 5.89. The SMILES string of the molecule is CC(=O)Nc1ccccc1CNCCCC(F)(F)F. The summed E-state index contributed by atoms with van der Waals surface area (Å²) in [4.78, 5) is 11.0. The van der Waals surface area contributed by atoms with Gasteiger partial charge in [0.1, 0.15) is 0 Å². The minimum absolute atomic E-state index is 0.0474. The second kappa shape index (κ2) is 7.13. The number of carbonyl (C=O) groups is 1. The van der Waals surface area contributed by atoms with E-state index < -0.39 is 12.6 Å². The predicted molar refractivity (Wildman–Crippen MR) is 67.7 cm³/mol. The quantitative estimate of drug-likeness (QED) is 0.783. The molecule has 0 heterocycles. The zero-order valence-corrected chi connectivity index (χ0v) is 10.7. The fourth-order valence-electron chi connectivity index (χ4n) is 1.62. The number of nitrogens with one attached hydrogen (secondary N) is 2. The normalized spacial score (nSPS) is 11.4. The van der Waals surface area contributed by atoms with Crippen molar-refractivity contribution in [1.82, 2.24) is 5.32 Å². The van der Waals surface area contributed by atoms with Crippen LogP contribution >= 0.6 is 0 Å². The van der Waals surface area contributed by atoms with Gasteiger partial charge in [0.25, 0.3) is 0 Å². The lowest BCUT2D eigenvalue weighted by molar-refractivity contribution is -0.135. The molecule has 1 aromatic rings. The van der Waals surface area contributed by atoms with E-state index in [1.54, 1.807) is 12.1 Å². The molecule has 1 amide bonds. The van der Waals surface area contributed by atoms with Crippen molar-refractivity contribution in [2.75, 3.05) is 11.9 Å². The van der Waals surface area contributed by atoms with Crippen molar-refractivity contribution in [3.8, 4) is 0 Å². The molecule has 2 N–H and O–H groups in total. The largest absolute Gasteiger partial charge is 0.389 e. The number of anilines is 1. The number of amides is 1. The topological polar surface area (TPSA) is 41.1 Å². The van der Waals surface area contributed by atoms with Crippen LogP contribution in [0.2, 0.25) is 0 Å². The number of hydrogen-bond donors (Lipinski definition) is 2. The second-order valence-electron chi connectivity index (χ2n) is 4.23. The lowest BCUT2D eigenvalue weighted by Crippen LogP contribution is -2.19. The maximum atomic E-state index is 11.9. The first-order valence-corrected chi connectivity index (χ1v) is 6.01. The molecule has 0 aliphatic rings. The van der Waals surface area contributed by atoms with Crippen LogP contribution in [0.1, 0.15) is 25.3 Å². The minimum Gasteiger partial charge on any atom is -0.326 e. The van der Waals surface area contributed by atoms with Gasteiger partial charge in [0.05, 0.1) is 0 Å². The van der Waals surface area contributed by atoms with Crippen molar-refractivity contribution in [3.63, 3.8) is 0 Å². The Morgan fingerprint density at radius 1 is 1.26 bits per heavy atom. The Morgan fingerprint density at radius 2 is 1.95 bits per heavy atom. The average molecular weight is 274 g/mol. The van der Waals surface area contributed by atoms with E-state index >= 15 is 0 Å². The molecular formula is C13H17F3N2O. The van der Waals surface area contributed by atoms with Gasteiger partial charge < -0.3 is 10.6 Å². The van der Waals surface area contributed by atoms with Crippen molar-refractivity contribution in [2.24, 2.45) is 0 Å². The van der Waals surface area contributed by atoms with Gasteiger partial charge >= 0.3 is 6.18 Å². The molecule has 19 heavy (non-hydrogen) atoms. The molecule has 0 saturated heterocycles. The first kappa shape index (κ1) is 15.5. The van der Waals surface area contributed by atoms with E-state index in [1.807, 2.05) is 12.1 Å². The number of para-hydroxylation sites is 1. The summed E-state index contributed by atoms with van der Waals surface area (Å²) in [5.74, 6) is -0.176. The van der Waals surface area contributed by atoms with Gasteiger partial charge in [0.2, 0.25) is 5.91 Å². The number of alkyl halides is 3. The van der Waals surface area contributed by atoms with Gasteiger partial charge in [-0.2, -0.15) is 13.2 Å². The highest BCUT2D eigenvalue weighted by Crippen LogP contribution is 2.21. The summed E-state index contributed by atoms with van der Waals surface area (Å²) in [6.07, 6.45) is -4.84. The van der Waals surface area contributed by atoms with E-state index in [4.69, 9.17) is 0 Å². The molecule has 0 atom stereocenters. The molecule has 1 aromatic carbocycles. The summed E-state index contributed by atoms with van der Waals surface area (Å²) in [5.41, 5.74) is 1.53. The zero-order valence-electron chi connectivity index (χ0n) is 10.7. The van der Waals surface area contributed by atoms with Crippen LogP contribution in [0.25, 0.3) is 0 Å². The number of benzene rings is 1. The fourth-order valence-corrected chi connectivity index (χ4v) is 1.62. The van der Waals surface area contributed by atoms with E-state index in [1.165, 1.54) is 6.92 Å². The Morgan fingerprint density at radius 3 is 2.58 bits per heavy atom. The van der Waals surface area contributed by atoms with E-state index in [2.05, 4.69) is 10.6 Å². The van der Waals surface area contributed by atoms with Gasteiger partial charge in [-0.1, -0.05) is 18.2 Å². The summed E-state index contributed by atoms with van der Waals surface area (Å²) >= 11 is 0. The van der Waals surface area contributed by atoms with Gasteiger partial charge in [-0.05, 0) is 24.6 Å². The summed E-state index contributed by atoms with van der Waals surface area (Å²) in [5, 5.41) is 5.62. The second-order valence-corrected chi connectivity index (χ2v) is 4.23. The molecule has 1 rings (SSSR count). The molecule has 0 radical (unpaired) electrons. The number of hydrogen-bond acceptors (Lipinski definition) is 2. The molecule has 0 aromatic heterocycles. The summed E-state index contributed by atoms with van der Waals surface area (Å²) in [6.45, 7) is 2.12. The molecule has 0 saturated carbocycles. The van der Waals surface area contributed by atoms with Gasteiger partial charge in [0, 0.05) is 25.6 Å². The Bertz CT molecular complexity index is 419. The third-order valence-corrected chi connectivity index (χ3v) is 2.46. The maximum absolute atomic E-state index is 11.9. The van der Waals surface area contributed by atoms with Gasteiger partial charge in [0.15, 0.2) is 0 Å². The minimum atomic E-state index is -4.10. The van der Waals surface area contributed by atoms with Crippen LogP contribution in [0.5, 0.6) is 0 Å². The Hall–Kier alpha value is -1.56. The molecule has 6 heteroatoms. The van der Waals surface area contributed by atoms with Crippen LogP contribution < -0.4 is 10.6 Å². The van der Waals surface area contributed by atoms with Crippen LogP contribution in [0.4, 0.5) is 18.9 Å². The van der Waals surface area contributed by atoms with Crippen molar-refractivity contribution in [1.29, 1.82) is 0 Å². The maximum Gasteiger partial charge on any atom is 0.389 e.